The summed E-state index contributed by atoms with van der Waals surface area (Å²) in [5, 5.41) is 0. The van der Waals surface area contributed by atoms with Gasteiger partial charge in [0, 0.05) is 31.9 Å². The van der Waals surface area contributed by atoms with Gasteiger partial charge in [0.2, 0.25) is 11.9 Å². The summed E-state index contributed by atoms with van der Waals surface area (Å²) in [6.45, 7) is 2.86. The summed E-state index contributed by atoms with van der Waals surface area (Å²) in [4.78, 5) is 43.6. The zero-order valence-corrected chi connectivity index (χ0v) is 16.5. The minimum Gasteiger partial charge on any atom is -0.497 e. The maximum atomic E-state index is 13.1. The highest BCUT2D eigenvalue weighted by atomic mass is 16.5. The molecule has 1 aliphatic heterocycles. The fourth-order valence-electron chi connectivity index (χ4n) is 3.80. The molecule has 10 nitrogen and oxygen atoms in total. The van der Waals surface area contributed by atoms with Crippen LogP contribution in [0.3, 0.4) is 0 Å². The van der Waals surface area contributed by atoms with Crippen LogP contribution in [0.25, 0.3) is 11.2 Å². The third-order valence-electron chi connectivity index (χ3n) is 5.12. The molecule has 29 heavy (non-hydrogen) atoms. The lowest BCUT2D eigenvalue weighted by Gasteiger charge is -2.33. The molecule has 0 saturated carbocycles. The van der Waals surface area contributed by atoms with Gasteiger partial charge in [0.05, 0.1) is 7.11 Å². The molecule has 2 aromatic heterocycles. The SMILES string of the molecule is COc1cccc(N2C[C@H](C)Cn3c2nc2c3c(=O)n(CC(N)=O)c(=O)n2C)c1. The molecule has 0 spiro atoms. The molecule has 4 rings (SSSR count). The fraction of sp³-hybridized carbons (Fsp3) is 0.368. The van der Waals surface area contributed by atoms with Crippen molar-refractivity contribution in [3.63, 3.8) is 0 Å². The molecule has 1 amide bonds. The van der Waals surface area contributed by atoms with Crippen LogP contribution in [0.4, 0.5) is 11.6 Å². The van der Waals surface area contributed by atoms with Gasteiger partial charge in [0.25, 0.3) is 5.56 Å². The topological polar surface area (TPSA) is 117 Å². The number of nitrogens with two attached hydrogens (primary N) is 1. The number of primary amides is 1. The first-order valence-corrected chi connectivity index (χ1v) is 9.21. The van der Waals surface area contributed by atoms with Crippen molar-refractivity contribution in [2.75, 3.05) is 18.6 Å². The minimum absolute atomic E-state index is 0.215. The van der Waals surface area contributed by atoms with Crippen LogP contribution in [0.1, 0.15) is 6.92 Å². The van der Waals surface area contributed by atoms with E-state index in [1.54, 1.807) is 7.11 Å². The summed E-state index contributed by atoms with van der Waals surface area (Å²) < 4.78 is 9.27. The summed E-state index contributed by atoms with van der Waals surface area (Å²) in [5.41, 5.74) is 5.46. The van der Waals surface area contributed by atoms with Gasteiger partial charge in [-0.15, -0.1) is 0 Å². The fourth-order valence-corrected chi connectivity index (χ4v) is 3.80. The Labute approximate surface area is 165 Å². The van der Waals surface area contributed by atoms with Crippen molar-refractivity contribution in [1.29, 1.82) is 0 Å². The number of ether oxygens (including phenoxy) is 1. The lowest BCUT2D eigenvalue weighted by Crippen LogP contribution is -2.43. The monoisotopic (exact) mass is 398 g/mol. The maximum Gasteiger partial charge on any atom is 0.332 e. The second kappa shape index (κ2) is 6.80. The van der Waals surface area contributed by atoms with Crippen LogP contribution < -0.4 is 26.6 Å². The normalized spacial score (nSPS) is 16.1. The molecule has 0 unspecified atom stereocenters. The molecule has 0 bridgehead atoms. The van der Waals surface area contributed by atoms with Crippen LogP contribution in [0.2, 0.25) is 0 Å². The van der Waals surface area contributed by atoms with E-state index in [9.17, 15) is 14.4 Å². The van der Waals surface area contributed by atoms with Gasteiger partial charge >= 0.3 is 5.69 Å². The molecule has 0 radical (unpaired) electrons. The number of hydrogen-bond acceptors (Lipinski definition) is 6. The lowest BCUT2D eigenvalue weighted by molar-refractivity contribution is -0.118. The standard InChI is InChI=1S/C19H22N6O4/c1-11-8-23(12-5-4-6-13(7-12)29-3)18-21-16-15(24(18)9-11)17(27)25(10-14(20)26)19(28)22(16)2/h4-7,11H,8-10H2,1-3H3,(H2,20,26)/t11-/m0/s1. The van der Waals surface area contributed by atoms with Gasteiger partial charge < -0.3 is 19.9 Å². The number of aromatic nitrogens is 4. The number of methoxy groups -OCH3 is 1. The van der Waals surface area contributed by atoms with Crippen molar-refractivity contribution in [3.8, 4) is 5.75 Å². The van der Waals surface area contributed by atoms with Crippen LogP contribution in [0.15, 0.2) is 33.9 Å². The van der Waals surface area contributed by atoms with E-state index < -0.39 is 23.7 Å². The summed E-state index contributed by atoms with van der Waals surface area (Å²) in [7, 11) is 3.13. The van der Waals surface area contributed by atoms with Gasteiger partial charge in [-0.3, -0.25) is 14.2 Å². The highest BCUT2D eigenvalue weighted by Crippen LogP contribution is 2.34. The number of anilines is 2. The molecule has 3 aromatic rings. The number of imidazole rings is 1. The zero-order valence-electron chi connectivity index (χ0n) is 16.5. The van der Waals surface area contributed by atoms with Crippen molar-refractivity contribution in [3.05, 3.63) is 45.1 Å². The van der Waals surface area contributed by atoms with Crippen LogP contribution in [0.5, 0.6) is 5.75 Å². The smallest absolute Gasteiger partial charge is 0.332 e. The first-order valence-electron chi connectivity index (χ1n) is 9.21. The molecule has 1 aliphatic rings. The largest absolute Gasteiger partial charge is 0.497 e. The summed E-state index contributed by atoms with van der Waals surface area (Å²) in [5.74, 6) is 0.732. The van der Waals surface area contributed by atoms with E-state index in [4.69, 9.17) is 10.5 Å². The van der Waals surface area contributed by atoms with Crippen molar-refractivity contribution < 1.29 is 9.53 Å². The number of amides is 1. The van der Waals surface area contributed by atoms with E-state index in [1.807, 2.05) is 33.7 Å². The Bertz CT molecular complexity index is 1240. The number of aryl methyl sites for hydroxylation is 1. The molecular formula is C19H22N6O4. The Morgan fingerprint density at radius 3 is 2.76 bits per heavy atom. The highest BCUT2D eigenvalue weighted by molar-refractivity contribution is 5.78. The average Bonchev–Trinajstić information content (AvgIpc) is 3.08. The van der Waals surface area contributed by atoms with Gasteiger partial charge in [0.15, 0.2) is 11.2 Å². The van der Waals surface area contributed by atoms with Crippen LogP contribution in [-0.2, 0) is 24.9 Å². The summed E-state index contributed by atoms with van der Waals surface area (Å²) in [6.07, 6.45) is 0. The van der Waals surface area contributed by atoms with E-state index >= 15 is 0 Å². The third-order valence-corrected chi connectivity index (χ3v) is 5.12. The quantitative estimate of drug-likeness (QED) is 0.670. The summed E-state index contributed by atoms with van der Waals surface area (Å²) in [6, 6.07) is 7.57. The van der Waals surface area contributed by atoms with Gasteiger partial charge in [-0.05, 0) is 18.1 Å². The molecule has 1 aromatic carbocycles. The zero-order chi connectivity index (χ0) is 20.9. The number of rotatable bonds is 4. The van der Waals surface area contributed by atoms with Gasteiger partial charge in [-0.2, -0.15) is 4.98 Å². The Kier molecular flexibility index (Phi) is 4.40. The van der Waals surface area contributed by atoms with Crippen molar-refractivity contribution in [2.24, 2.45) is 18.7 Å². The number of carbonyl (C=O) groups is 1. The van der Waals surface area contributed by atoms with Crippen molar-refractivity contribution in [2.45, 2.75) is 20.0 Å². The molecular weight excluding hydrogens is 376 g/mol. The predicted octanol–water partition coefficient (Wildman–Crippen LogP) is 0.178. The number of fused-ring (bicyclic) bond motifs is 3. The third kappa shape index (κ3) is 2.96. The maximum absolute atomic E-state index is 13.1. The molecule has 10 heteroatoms. The van der Waals surface area contributed by atoms with Crippen LogP contribution in [-0.4, -0.2) is 38.2 Å². The van der Waals surface area contributed by atoms with Crippen molar-refractivity contribution in [1.82, 2.24) is 18.7 Å². The number of benzene rings is 1. The van der Waals surface area contributed by atoms with Crippen molar-refractivity contribution >= 4 is 28.7 Å². The van der Waals surface area contributed by atoms with Gasteiger partial charge in [-0.25, -0.2) is 9.36 Å². The molecule has 3 heterocycles. The number of carbonyl (C=O) groups excluding carboxylic acids is 1. The molecule has 2 N–H and O–H groups in total. The number of hydrogen-bond donors (Lipinski definition) is 1. The van der Waals surface area contributed by atoms with Crippen LogP contribution in [0, 0.1) is 5.92 Å². The second-order valence-electron chi connectivity index (χ2n) is 7.31. The lowest BCUT2D eigenvalue weighted by atomic mass is 10.1. The first-order chi connectivity index (χ1) is 13.8. The number of nitrogens with zero attached hydrogens (tertiary/aromatic N) is 5. The first kappa shape index (κ1) is 18.8. The van der Waals surface area contributed by atoms with E-state index in [1.165, 1.54) is 11.6 Å². The Morgan fingerprint density at radius 2 is 2.07 bits per heavy atom. The molecule has 0 fully saturated rings. The van der Waals surface area contributed by atoms with Gasteiger partial charge in [-0.1, -0.05) is 13.0 Å². The highest BCUT2D eigenvalue weighted by Gasteiger charge is 2.30. The molecule has 0 aliphatic carbocycles. The Morgan fingerprint density at radius 1 is 1.31 bits per heavy atom. The Balaban J connectivity index is 1.99. The molecule has 0 saturated heterocycles. The Hall–Kier alpha value is -3.56. The average molecular weight is 398 g/mol. The van der Waals surface area contributed by atoms with Crippen LogP contribution >= 0.6 is 0 Å². The van der Waals surface area contributed by atoms with E-state index in [-0.39, 0.29) is 17.1 Å². The van der Waals surface area contributed by atoms with E-state index in [0.717, 1.165) is 10.3 Å². The van der Waals surface area contributed by atoms with Gasteiger partial charge in [0.1, 0.15) is 12.3 Å². The molecule has 1 atom stereocenters. The molecule has 152 valence electrons. The second-order valence-corrected chi connectivity index (χ2v) is 7.31. The summed E-state index contributed by atoms with van der Waals surface area (Å²) >= 11 is 0. The van der Waals surface area contributed by atoms with E-state index in [0.29, 0.717) is 24.8 Å². The van der Waals surface area contributed by atoms with E-state index in [2.05, 4.69) is 11.9 Å². The predicted molar refractivity (Wildman–Crippen MR) is 108 cm³/mol. The minimum atomic E-state index is -0.756.